The molecule has 0 bridgehead atoms. The van der Waals surface area contributed by atoms with Gasteiger partial charge in [-0.05, 0) is 17.7 Å². The number of benzene rings is 1. The van der Waals surface area contributed by atoms with E-state index < -0.39 is 41.3 Å². The van der Waals surface area contributed by atoms with Crippen LogP contribution in [0.4, 0.5) is 13.2 Å². The van der Waals surface area contributed by atoms with Crippen molar-refractivity contribution >= 4 is 23.2 Å². The van der Waals surface area contributed by atoms with Crippen LogP contribution in [0, 0.1) is 11.3 Å². The molecule has 30 heavy (non-hydrogen) atoms. The van der Waals surface area contributed by atoms with E-state index in [-0.39, 0.29) is 32.4 Å². The van der Waals surface area contributed by atoms with Crippen LogP contribution in [0.3, 0.4) is 0 Å². The highest BCUT2D eigenvalue weighted by Gasteiger charge is 2.27. The molecule has 3 aromatic rings. The lowest BCUT2D eigenvalue weighted by Crippen LogP contribution is -2.33. The van der Waals surface area contributed by atoms with Gasteiger partial charge in [-0.2, -0.15) is 14.6 Å². The fraction of sp³-hybridized carbons (Fsp3) is 0.200. The highest BCUT2D eigenvalue weighted by Crippen LogP contribution is 2.29. The number of nitrogens with one attached hydrogen (secondary N) is 1. The maximum Gasteiger partial charge on any atom is 0.440 e. The second kappa shape index (κ2) is 8.17. The topological polar surface area (TPSA) is 140 Å². The van der Waals surface area contributed by atoms with Gasteiger partial charge in [0.2, 0.25) is 11.6 Å². The van der Waals surface area contributed by atoms with Gasteiger partial charge in [-0.3, -0.25) is 9.78 Å². The van der Waals surface area contributed by atoms with Crippen LogP contribution in [0.25, 0.3) is 5.69 Å². The molecule has 2 heterocycles. The predicted octanol–water partition coefficient (Wildman–Crippen LogP) is 1.57. The maximum atomic E-state index is 13.3. The molecular weight excluding hydrogens is 456 g/mol. The van der Waals surface area contributed by atoms with Crippen molar-refractivity contribution in [2.45, 2.75) is 19.1 Å². The number of rotatable bonds is 5. The van der Waals surface area contributed by atoms with Crippen LogP contribution < -0.4 is 17.0 Å². The molecule has 0 saturated carbocycles. The second-order valence-corrected chi connectivity index (χ2v) is 6.42. The first-order valence-corrected chi connectivity index (χ1v) is 8.50. The van der Waals surface area contributed by atoms with E-state index in [1.165, 1.54) is 18.2 Å². The third-order valence-corrected chi connectivity index (χ3v) is 4.36. The summed E-state index contributed by atoms with van der Waals surface area (Å²) in [4.78, 5) is 36.8. The largest absolute Gasteiger partial charge is 0.440 e. The van der Waals surface area contributed by atoms with Crippen LogP contribution >= 0.6 is 23.2 Å². The van der Waals surface area contributed by atoms with E-state index in [2.05, 4.69) is 14.6 Å². The predicted molar refractivity (Wildman–Crippen MR) is 94.9 cm³/mol. The van der Waals surface area contributed by atoms with Crippen LogP contribution in [0.1, 0.15) is 23.4 Å². The molecule has 1 aromatic carbocycles. The Hall–Kier alpha value is -3.37. The zero-order valence-corrected chi connectivity index (χ0v) is 15.8. The molecule has 0 spiro atoms. The second-order valence-electron chi connectivity index (χ2n) is 5.61. The van der Waals surface area contributed by atoms with Gasteiger partial charge in [-0.1, -0.05) is 23.2 Å². The van der Waals surface area contributed by atoms with E-state index in [1.54, 1.807) is 0 Å². The summed E-state index contributed by atoms with van der Waals surface area (Å²) in [5.74, 6) is -1.87. The number of alkyl halides is 3. The van der Waals surface area contributed by atoms with Crippen LogP contribution in [0.5, 0.6) is 0 Å². The monoisotopic (exact) mass is 462 g/mol. The molecule has 0 amide bonds. The van der Waals surface area contributed by atoms with Crippen molar-refractivity contribution in [2.75, 3.05) is 0 Å². The molecule has 1 atom stereocenters. The summed E-state index contributed by atoms with van der Waals surface area (Å²) in [7, 11) is 0. The zero-order chi connectivity index (χ0) is 22.2. The molecule has 2 aromatic heterocycles. The first-order chi connectivity index (χ1) is 14.1. The van der Waals surface area contributed by atoms with Gasteiger partial charge < -0.3 is 4.42 Å². The summed E-state index contributed by atoms with van der Waals surface area (Å²) >= 11 is 12.3. The minimum absolute atomic E-state index is 0.0139. The van der Waals surface area contributed by atoms with Crippen molar-refractivity contribution in [3.63, 3.8) is 0 Å². The van der Waals surface area contributed by atoms with Gasteiger partial charge in [-0.25, -0.2) is 22.8 Å². The molecular formula is C15H7Cl2F3N6O4. The third-order valence-electron chi connectivity index (χ3n) is 3.69. The number of nitriles is 1. The van der Waals surface area contributed by atoms with Crippen LogP contribution in [-0.2, 0) is 6.42 Å². The van der Waals surface area contributed by atoms with Gasteiger partial charge in [0.15, 0.2) is 0 Å². The van der Waals surface area contributed by atoms with E-state index in [4.69, 9.17) is 28.5 Å². The Bertz CT molecular complexity index is 1320. The van der Waals surface area contributed by atoms with Gasteiger partial charge in [0, 0.05) is 10.0 Å². The normalized spacial score (nSPS) is 12.2. The van der Waals surface area contributed by atoms with Gasteiger partial charge in [0.05, 0.1) is 12.1 Å². The molecule has 1 N–H and O–H groups in total. The van der Waals surface area contributed by atoms with E-state index in [0.29, 0.717) is 4.68 Å². The van der Waals surface area contributed by atoms with E-state index in [9.17, 15) is 27.6 Å². The molecule has 15 heteroatoms. The highest BCUT2D eigenvalue weighted by atomic mass is 35.5. The smallest absolute Gasteiger partial charge is 0.392 e. The number of H-pyrrole nitrogens is 1. The summed E-state index contributed by atoms with van der Waals surface area (Å²) in [6.07, 6.45) is -6.85. The SMILES string of the molecule is N#Cc1nn(-c2cc(Cl)c(Cc3nn(C(F)C(F)F)c(=O)o3)c(Cl)c2)c(=O)[nH]c1=O. The molecule has 0 aliphatic carbocycles. The van der Waals surface area contributed by atoms with Crippen LogP contribution in [-0.4, -0.2) is 31.0 Å². The molecule has 0 fully saturated rings. The van der Waals surface area contributed by atoms with Crippen molar-refractivity contribution in [1.29, 1.82) is 5.26 Å². The van der Waals surface area contributed by atoms with Crippen LogP contribution in [0.2, 0.25) is 10.0 Å². The number of aromatic nitrogens is 5. The Morgan fingerprint density at radius 1 is 1.17 bits per heavy atom. The summed E-state index contributed by atoms with van der Waals surface area (Å²) in [6, 6.07) is 3.91. The summed E-state index contributed by atoms with van der Waals surface area (Å²) in [6.45, 7) is 0. The summed E-state index contributed by atoms with van der Waals surface area (Å²) < 4.78 is 43.4. The molecule has 0 aliphatic heterocycles. The molecule has 0 aliphatic rings. The molecule has 156 valence electrons. The highest BCUT2D eigenvalue weighted by molar-refractivity contribution is 6.36. The number of aromatic amines is 1. The van der Waals surface area contributed by atoms with Crippen LogP contribution in [0.15, 0.2) is 30.9 Å². The average molecular weight is 463 g/mol. The molecule has 10 nitrogen and oxygen atoms in total. The van der Waals surface area contributed by atoms with Crippen molar-refractivity contribution in [1.82, 2.24) is 24.5 Å². The lowest BCUT2D eigenvalue weighted by Gasteiger charge is -2.09. The molecule has 1 unspecified atom stereocenters. The number of halogens is 5. The minimum Gasteiger partial charge on any atom is -0.392 e. The van der Waals surface area contributed by atoms with Crippen molar-refractivity contribution in [3.05, 3.63) is 70.7 Å². The zero-order valence-electron chi connectivity index (χ0n) is 14.3. The molecule has 3 rings (SSSR count). The Morgan fingerprint density at radius 3 is 2.37 bits per heavy atom. The van der Waals surface area contributed by atoms with Gasteiger partial charge in [-0.15, -0.1) is 10.2 Å². The van der Waals surface area contributed by atoms with E-state index in [0.717, 1.165) is 0 Å². The standard InChI is InChI=1S/C15H7Cl2F3N6O4/c16-7-1-5(25-14(28)22-13(27)9(4-21)23-25)2-8(17)6(7)3-10-24-26(15(29)30-10)12(20)11(18)19/h1-2,11-12H,3H2,(H,22,27,28). The average Bonchev–Trinajstić information content (AvgIpc) is 3.04. The summed E-state index contributed by atoms with van der Waals surface area (Å²) in [5.41, 5.74) is -2.43. The summed E-state index contributed by atoms with van der Waals surface area (Å²) in [5, 5.41) is 15.7. The van der Waals surface area contributed by atoms with Gasteiger partial charge >= 0.3 is 11.4 Å². The maximum absolute atomic E-state index is 13.3. The number of hydrogen-bond acceptors (Lipinski definition) is 7. The van der Waals surface area contributed by atoms with Gasteiger partial charge in [0.25, 0.3) is 18.3 Å². The van der Waals surface area contributed by atoms with Crippen molar-refractivity contribution in [3.8, 4) is 11.8 Å². The van der Waals surface area contributed by atoms with Crippen molar-refractivity contribution < 1.29 is 17.6 Å². The fourth-order valence-corrected chi connectivity index (χ4v) is 2.95. The fourth-order valence-electron chi connectivity index (χ4n) is 2.34. The number of hydrogen-bond donors (Lipinski definition) is 1. The minimum atomic E-state index is -3.49. The lowest BCUT2D eigenvalue weighted by molar-refractivity contribution is -0.00293. The van der Waals surface area contributed by atoms with E-state index in [1.807, 2.05) is 4.98 Å². The number of nitrogens with zero attached hydrogens (tertiary/aromatic N) is 5. The Labute approximate surface area is 172 Å². The lowest BCUT2D eigenvalue weighted by atomic mass is 10.1. The van der Waals surface area contributed by atoms with Gasteiger partial charge in [0.1, 0.15) is 6.07 Å². The molecule has 0 saturated heterocycles. The quantitative estimate of drug-likeness (QED) is 0.606. The third kappa shape index (κ3) is 4.00. The first-order valence-electron chi connectivity index (χ1n) is 7.75. The molecule has 0 radical (unpaired) electrons. The van der Waals surface area contributed by atoms with E-state index >= 15 is 0 Å². The Morgan fingerprint density at radius 2 is 1.80 bits per heavy atom. The Kier molecular flexibility index (Phi) is 5.81. The van der Waals surface area contributed by atoms with Crippen molar-refractivity contribution in [2.24, 2.45) is 0 Å². The first kappa shape index (κ1) is 21.3. The Balaban J connectivity index is 2.01.